The molecular formula is C18H16N2O4S. The van der Waals surface area contributed by atoms with Crippen molar-refractivity contribution in [3.63, 3.8) is 0 Å². The predicted molar refractivity (Wildman–Crippen MR) is 96.8 cm³/mol. The molecule has 0 saturated carbocycles. The van der Waals surface area contributed by atoms with Gasteiger partial charge in [-0.25, -0.2) is 9.78 Å². The number of hydrogen-bond acceptors (Lipinski definition) is 6. The maximum absolute atomic E-state index is 12.2. The molecule has 3 rings (SSSR count). The molecule has 0 saturated heterocycles. The minimum absolute atomic E-state index is 0.157. The van der Waals surface area contributed by atoms with Crippen LogP contribution in [0.4, 0.5) is 5.88 Å². The Hall–Kier alpha value is -2.93. The standard InChI is InChI=1S/C18H16N2O4S/c1-9(2)15(21)20-16-14(13(10(3)24-16)18(22)23-4)17-19-11-7-5-6-8-12(11)25-17/h5-8H,1H2,2-4H3,(H,20,21). The fraction of sp³-hybridized carbons (Fsp3) is 0.167. The fourth-order valence-electron chi connectivity index (χ4n) is 2.37. The van der Waals surface area contributed by atoms with E-state index < -0.39 is 11.9 Å². The van der Waals surface area contributed by atoms with Crippen molar-refractivity contribution < 1.29 is 18.7 Å². The van der Waals surface area contributed by atoms with E-state index in [-0.39, 0.29) is 11.4 Å². The second-order valence-electron chi connectivity index (χ2n) is 5.45. The summed E-state index contributed by atoms with van der Waals surface area (Å²) in [5, 5.41) is 3.21. The summed E-state index contributed by atoms with van der Waals surface area (Å²) in [5.74, 6) is -0.443. The molecule has 0 fully saturated rings. The van der Waals surface area contributed by atoms with Crippen molar-refractivity contribution in [3.8, 4) is 10.6 Å². The van der Waals surface area contributed by atoms with Crippen molar-refractivity contribution in [3.05, 3.63) is 47.7 Å². The number of amides is 1. The molecule has 0 radical (unpaired) electrons. The lowest BCUT2D eigenvalue weighted by atomic mass is 10.1. The monoisotopic (exact) mass is 356 g/mol. The summed E-state index contributed by atoms with van der Waals surface area (Å²) >= 11 is 1.40. The first-order valence-electron chi connectivity index (χ1n) is 7.47. The zero-order valence-corrected chi connectivity index (χ0v) is 14.8. The van der Waals surface area contributed by atoms with Crippen LogP contribution in [0.2, 0.25) is 0 Å². The number of rotatable bonds is 4. The molecule has 1 N–H and O–H groups in total. The molecule has 25 heavy (non-hydrogen) atoms. The number of esters is 1. The molecule has 7 heteroatoms. The normalized spacial score (nSPS) is 10.7. The van der Waals surface area contributed by atoms with Gasteiger partial charge in [-0.05, 0) is 26.0 Å². The Morgan fingerprint density at radius 2 is 2.04 bits per heavy atom. The summed E-state index contributed by atoms with van der Waals surface area (Å²) in [6, 6.07) is 7.62. The Labute approximate surface area is 148 Å². The number of aryl methyl sites for hydroxylation is 1. The van der Waals surface area contributed by atoms with Gasteiger partial charge in [0.05, 0.1) is 22.9 Å². The van der Waals surface area contributed by atoms with Crippen LogP contribution in [0.3, 0.4) is 0 Å². The Morgan fingerprint density at radius 1 is 1.32 bits per heavy atom. The van der Waals surface area contributed by atoms with Gasteiger partial charge in [0.2, 0.25) is 5.88 Å². The van der Waals surface area contributed by atoms with Crippen LogP contribution in [-0.2, 0) is 9.53 Å². The molecular weight excluding hydrogens is 340 g/mol. The fourth-order valence-corrected chi connectivity index (χ4v) is 3.39. The van der Waals surface area contributed by atoms with Crippen LogP contribution in [-0.4, -0.2) is 24.0 Å². The van der Waals surface area contributed by atoms with Crippen molar-refractivity contribution in [1.29, 1.82) is 0 Å². The average Bonchev–Trinajstić information content (AvgIpc) is 3.14. The third kappa shape index (κ3) is 3.06. The van der Waals surface area contributed by atoms with Gasteiger partial charge in [0.15, 0.2) is 0 Å². The molecule has 2 heterocycles. The van der Waals surface area contributed by atoms with E-state index in [4.69, 9.17) is 9.15 Å². The van der Waals surface area contributed by atoms with Crippen LogP contribution in [0.5, 0.6) is 0 Å². The number of carbonyl (C=O) groups is 2. The highest BCUT2D eigenvalue weighted by Gasteiger charge is 2.28. The number of para-hydroxylation sites is 1. The number of fused-ring (bicyclic) bond motifs is 1. The van der Waals surface area contributed by atoms with Crippen molar-refractivity contribution in [2.24, 2.45) is 0 Å². The molecule has 0 atom stereocenters. The molecule has 1 amide bonds. The topological polar surface area (TPSA) is 81.4 Å². The number of hydrogen-bond donors (Lipinski definition) is 1. The van der Waals surface area contributed by atoms with Crippen molar-refractivity contribution in [2.45, 2.75) is 13.8 Å². The highest BCUT2D eigenvalue weighted by atomic mass is 32.1. The highest BCUT2D eigenvalue weighted by Crippen LogP contribution is 2.40. The van der Waals surface area contributed by atoms with Gasteiger partial charge in [0.1, 0.15) is 16.3 Å². The summed E-state index contributed by atoms with van der Waals surface area (Å²) in [5.41, 5.74) is 1.79. The number of benzene rings is 1. The zero-order valence-electron chi connectivity index (χ0n) is 14.0. The lowest BCUT2D eigenvalue weighted by molar-refractivity contribution is -0.112. The van der Waals surface area contributed by atoms with Crippen LogP contribution in [0, 0.1) is 6.92 Å². The van der Waals surface area contributed by atoms with Gasteiger partial charge in [0.25, 0.3) is 5.91 Å². The second kappa shape index (κ2) is 6.52. The van der Waals surface area contributed by atoms with Crippen molar-refractivity contribution in [2.75, 3.05) is 12.4 Å². The second-order valence-corrected chi connectivity index (χ2v) is 6.48. The Bertz CT molecular complexity index is 967. The Kier molecular flexibility index (Phi) is 4.41. The van der Waals surface area contributed by atoms with Crippen LogP contribution >= 0.6 is 11.3 Å². The molecule has 1 aromatic carbocycles. The number of anilines is 1. The van der Waals surface area contributed by atoms with E-state index in [0.717, 1.165) is 10.2 Å². The van der Waals surface area contributed by atoms with Gasteiger partial charge in [-0.15, -0.1) is 11.3 Å². The van der Waals surface area contributed by atoms with Crippen LogP contribution in [0.1, 0.15) is 23.0 Å². The molecule has 0 bridgehead atoms. The summed E-state index contributed by atoms with van der Waals surface area (Å²) in [7, 11) is 1.29. The van der Waals surface area contributed by atoms with Gasteiger partial charge >= 0.3 is 5.97 Å². The number of methoxy groups -OCH3 is 1. The predicted octanol–water partition coefficient (Wildman–Crippen LogP) is 4.17. The molecule has 0 unspecified atom stereocenters. The minimum atomic E-state index is -0.550. The SMILES string of the molecule is C=C(C)C(=O)Nc1oc(C)c(C(=O)OC)c1-c1nc2ccccc2s1. The maximum Gasteiger partial charge on any atom is 0.342 e. The molecule has 128 valence electrons. The average molecular weight is 356 g/mol. The molecule has 3 aromatic rings. The molecule has 0 aliphatic carbocycles. The van der Waals surface area contributed by atoms with Gasteiger partial charge < -0.3 is 9.15 Å². The van der Waals surface area contributed by atoms with E-state index in [1.165, 1.54) is 18.4 Å². The lowest BCUT2D eigenvalue weighted by Gasteiger charge is -2.04. The molecule has 6 nitrogen and oxygen atoms in total. The van der Waals surface area contributed by atoms with E-state index in [9.17, 15) is 9.59 Å². The Balaban J connectivity index is 2.21. The van der Waals surface area contributed by atoms with E-state index in [0.29, 0.717) is 21.9 Å². The number of aromatic nitrogens is 1. The molecule has 0 aliphatic heterocycles. The van der Waals surface area contributed by atoms with Gasteiger partial charge in [0, 0.05) is 5.57 Å². The largest absolute Gasteiger partial charge is 0.465 e. The summed E-state index contributed by atoms with van der Waals surface area (Å²) in [6.07, 6.45) is 0. The first kappa shape index (κ1) is 16.9. The Morgan fingerprint density at radius 3 is 2.68 bits per heavy atom. The summed E-state index contributed by atoms with van der Waals surface area (Å²) < 4.78 is 11.5. The number of furan rings is 1. The highest BCUT2D eigenvalue weighted by molar-refractivity contribution is 7.21. The summed E-state index contributed by atoms with van der Waals surface area (Å²) in [6.45, 7) is 6.84. The molecule has 2 aromatic heterocycles. The number of nitrogens with zero attached hydrogens (tertiary/aromatic N) is 1. The third-order valence-corrected chi connectivity index (χ3v) is 4.65. The van der Waals surface area contributed by atoms with Crippen LogP contribution in [0.15, 0.2) is 40.8 Å². The molecule has 0 spiro atoms. The quantitative estimate of drug-likeness (QED) is 0.560. The van der Waals surface area contributed by atoms with E-state index in [2.05, 4.69) is 16.9 Å². The first-order chi connectivity index (χ1) is 11.9. The van der Waals surface area contributed by atoms with Gasteiger partial charge in [-0.2, -0.15) is 0 Å². The van der Waals surface area contributed by atoms with Crippen LogP contribution in [0.25, 0.3) is 20.8 Å². The lowest BCUT2D eigenvalue weighted by Crippen LogP contribution is -2.12. The van der Waals surface area contributed by atoms with Gasteiger partial charge in [-0.1, -0.05) is 18.7 Å². The minimum Gasteiger partial charge on any atom is -0.465 e. The van der Waals surface area contributed by atoms with Crippen molar-refractivity contribution >= 4 is 39.3 Å². The summed E-state index contributed by atoms with van der Waals surface area (Å²) in [4.78, 5) is 28.8. The van der Waals surface area contributed by atoms with E-state index >= 15 is 0 Å². The number of nitrogens with one attached hydrogen (secondary N) is 1. The van der Waals surface area contributed by atoms with E-state index in [1.807, 2.05) is 24.3 Å². The smallest absolute Gasteiger partial charge is 0.342 e. The van der Waals surface area contributed by atoms with Gasteiger partial charge in [-0.3, -0.25) is 10.1 Å². The zero-order chi connectivity index (χ0) is 18.1. The number of carbonyl (C=O) groups excluding carboxylic acids is 2. The first-order valence-corrected chi connectivity index (χ1v) is 8.28. The van der Waals surface area contributed by atoms with Crippen LogP contribution < -0.4 is 5.32 Å². The number of thiazole rings is 1. The third-order valence-electron chi connectivity index (χ3n) is 3.60. The number of ether oxygens (including phenoxy) is 1. The van der Waals surface area contributed by atoms with Crippen molar-refractivity contribution in [1.82, 2.24) is 4.98 Å². The maximum atomic E-state index is 12.2. The molecule has 0 aliphatic rings. The van der Waals surface area contributed by atoms with E-state index in [1.54, 1.807) is 13.8 Å².